The summed E-state index contributed by atoms with van der Waals surface area (Å²) < 4.78 is 13.1. The predicted octanol–water partition coefficient (Wildman–Crippen LogP) is 3.93. The number of amides is 1. The first kappa shape index (κ1) is 16.9. The second kappa shape index (κ2) is 7.77. The average Bonchev–Trinajstić information content (AvgIpc) is 3.02. The predicted molar refractivity (Wildman–Crippen MR) is 93.2 cm³/mol. The number of nitrogens with zero attached hydrogens (tertiary/aromatic N) is 1. The van der Waals surface area contributed by atoms with Gasteiger partial charge in [0.1, 0.15) is 5.82 Å². The second-order valence-electron chi connectivity index (χ2n) is 6.09. The first-order chi connectivity index (χ1) is 11.6. The number of rotatable bonds is 5. The molecule has 0 aliphatic carbocycles. The molecular formula is C19H20ClFN2O. The highest BCUT2D eigenvalue weighted by molar-refractivity contribution is 6.30. The minimum Gasteiger partial charge on any atom is -0.351 e. The van der Waals surface area contributed by atoms with Gasteiger partial charge in [0.05, 0.1) is 6.54 Å². The molecule has 2 aromatic rings. The first-order valence-electron chi connectivity index (χ1n) is 8.12. The van der Waals surface area contributed by atoms with E-state index in [1.165, 1.54) is 12.1 Å². The Labute approximate surface area is 146 Å². The molecule has 1 N–H and O–H groups in total. The fourth-order valence-electron chi connectivity index (χ4n) is 3.17. The summed E-state index contributed by atoms with van der Waals surface area (Å²) in [4.78, 5) is 14.4. The molecule has 0 radical (unpaired) electrons. The largest absolute Gasteiger partial charge is 0.351 e. The number of likely N-dealkylation sites (tertiary alicyclic amines) is 1. The Balaban J connectivity index is 1.56. The SMILES string of the molecule is O=C(CN1CCCC1c1ccc(F)cc1)NCc1cccc(Cl)c1. The van der Waals surface area contributed by atoms with Crippen LogP contribution in [-0.4, -0.2) is 23.9 Å². The number of nitrogens with one attached hydrogen (secondary N) is 1. The van der Waals surface area contributed by atoms with Crippen LogP contribution in [0.3, 0.4) is 0 Å². The number of hydrogen-bond acceptors (Lipinski definition) is 2. The van der Waals surface area contributed by atoms with Crippen LogP contribution in [0.2, 0.25) is 5.02 Å². The summed E-state index contributed by atoms with van der Waals surface area (Å²) in [5.74, 6) is -0.244. The highest BCUT2D eigenvalue weighted by Gasteiger charge is 2.27. The van der Waals surface area contributed by atoms with Crippen LogP contribution < -0.4 is 5.32 Å². The van der Waals surface area contributed by atoms with Gasteiger partial charge in [-0.2, -0.15) is 0 Å². The monoisotopic (exact) mass is 346 g/mol. The Morgan fingerprint density at radius 1 is 1.25 bits per heavy atom. The van der Waals surface area contributed by atoms with Gasteiger partial charge in [0.2, 0.25) is 5.91 Å². The van der Waals surface area contributed by atoms with Gasteiger partial charge in [0, 0.05) is 17.6 Å². The van der Waals surface area contributed by atoms with Crippen molar-refractivity contribution in [2.45, 2.75) is 25.4 Å². The molecule has 1 saturated heterocycles. The Bertz CT molecular complexity index is 705. The van der Waals surface area contributed by atoms with Crippen molar-refractivity contribution in [1.29, 1.82) is 0 Å². The van der Waals surface area contributed by atoms with Crippen LogP contribution in [-0.2, 0) is 11.3 Å². The summed E-state index contributed by atoms with van der Waals surface area (Å²) in [5.41, 5.74) is 2.05. The van der Waals surface area contributed by atoms with Crippen LogP contribution in [0.1, 0.15) is 30.0 Å². The van der Waals surface area contributed by atoms with Crippen LogP contribution in [0, 0.1) is 5.82 Å². The highest BCUT2D eigenvalue weighted by atomic mass is 35.5. The summed E-state index contributed by atoms with van der Waals surface area (Å²) in [6.45, 7) is 1.70. The molecule has 2 aromatic carbocycles. The van der Waals surface area contributed by atoms with Gasteiger partial charge in [0.15, 0.2) is 0 Å². The maximum Gasteiger partial charge on any atom is 0.234 e. The number of hydrogen-bond donors (Lipinski definition) is 1. The topological polar surface area (TPSA) is 32.3 Å². The van der Waals surface area contributed by atoms with Gasteiger partial charge < -0.3 is 5.32 Å². The van der Waals surface area contributed by atoms with E-state index in [9.17, 15) is 9.18 Å². The molecule has 1 aliphatic heterocycles. The van der Waals surface area contributed by atoms with E-state index >= 15 is 0 Å². The molecule has 0 spiro atoms. The lowest BCUT2D eigenvalue weighted by atomic mass is 10.0. The van der Waals surface area contributed by atoms with Gasteiger partial charge in [0.25, 0.3) is 0 Å². The molecule has 3 rings (SSSR count). The van der Waals surface area contributed by atoms with Gasteiger partial charge >= 0.3 is 0 Å². The Hall–Kier alpha value is -1.91. The molecule has 5 heteroatoms. The Morgan fingerprint density at radius 3 is 2.79 bits per heavy atom. The number of halogens is 2. The lowest BCUT2D eigenvalue weighted by Crippen LogP contribution is -2.36. The van der Waals surface area contributed by atoms with Gasteiger partial charge in [-0.25, -0.2) is 4.39 Å². The fraction of sp³-hybridized carbons (Fsp3) is 0.316. The quantitative estimate of drug-likeness (QED) is 0.889. The van der Waals surface area contributed by atoms with E-state index < -0.39 is 0 Å². The summed E-state index contributed by atoms with van der Waals surface area (Å²) in [6, 6.07) is 14.2. The Morgan fingerprint density at radius 2 is 2.04 bits per heavy atom. The van der Waals surface area contributed by atoms with Crippen LogP contribution in [0.4, 0.5) is 4.39 Å². The maximum atomic E-state index is 13.1. The van der Waals surface area contributed by atoms with E-state index in [1.807, 2.05) is 36.4 Å². The average molecular weight is 347 g/mol. The van der Waals surface area contributed by atoms with E-state index in [-0.39, 0.29) is 17.8 Å². The standard InChI is InChI=1S/C19H20ClFN2O/c20-16-4-1-3-14(11-16)12-22-19(24)13-23-10-2-5-18(23)15-6-8-17(21)9-7-15/h1,3-4,6-9,11,18H,2,5,10,12-13H2,(H,22,24). The van der Waals surface area contributed by atoms with E-state index in [0.29, 0.717) is 18.1 Å². The molecule has 0 aromatic heterocycles. The van der Waals surface area contributed by atoms with Gasteiger partial charge in [-0.1, -0.05) is 35.9 Å². The molecule has 24 heavy (non-hydrogen) atoms. The van der Waals surface area contributed by atoms with E-state index in [2.05, 4.69) is 10.2 Å². The molecule has 1 amide bonds. The van der Waals surface area contributed by atoms with Crippen molar-refractivity contribution >= 4 is 17.5 Å². The minimum absolute atomic E-state index is 0.0102. The highest BCUT2D eigenvalue weighted by Crippen LogP contribution is 2.31. The molecule has 1 aliphatic rings. The third kappa shape index (κ3) is 4.34. The molecule has 1 atom stereocenters. The molecule has 1 heterocycles. The van der Waals surface area contributed by atoms with Gasteiger partial charge in [-0.05, 0) is 54.8 Å². The van der Waals surface area contributed by atoms with Gasteiger partial charge in [-0.3, -0.25) is 9.69 Å². The van der Waals surface area contributed by atoms with Crippen molar-refractivity contribution in [1.82, 2.24) is 10.2 Å². The molecule has 1 unspecified atom stereocenters. The zero-order chi connectivity index (χ0) is 16.9. The Kier molecular flexibility index (Phi) is 5.48. The molecule has 0 bridgehead atoms. The van der Waals surface area contributed by atoms with Crippen molar-refractivity contribution in [2.75, 3.05) is 13.1 Å². The third-order valence-electron chi connectivity index (χ3n) is 4.34. The van der Waals surface area contributed by atoms with Crippen LogP contribution >= 0.6 is 11.6 Å². The number of benzene rings is 2. The number of carbonyl (C=O) groups excluding carboxylic acids is 1. The van der Waals surface area contributed by atoms with E-state index in [0.717, 1.165) is 30.5 Å². The summed E-state index contributed by atoms with van der Waals surface area (Å²) in [5, 5.41) is 3.60. The van der Waals surface area contributed by atoms with E-state index in [4.69, 9.17) is 11.6 Å². The lowest BCUT2D eigenvalue weighted by Gasteiger charge is -2.24. The first-order valence-corrected chi connectivity index (χ1v) is 8.50. The lowest BCUT2D eigenvalue weighted by molar-refractivity contribution is -0.122. The molecule has 3 nitrogen and oxygen atoms in total. The zero-order valence-electron chi connectivity index (χ0n) is 13.3. The zero-order valence-corrected chi connectivity index (χ0v) is 14.1. The summed E-state index contributed by atoms with van der Waals surface area (Å²) >= 11 is 5.95. The maximum absolute atomic E-state index is 13.1. The smallest absolute Gasteiger partial charge is 0.234 e. The van der Waals surface area contributed by atoms with Crippen LogP contribution in [0.25, 0.3) is 0 Å². The van der Waals surface area contributed by atoms with Crippen molar-refractivity contribution in [3.63, 3.8) is 0 Å². The third-order valence-corrected chi connectivity index (χ3v) is 4.58. The van der Waals surface area contributed by atoms with Crippen molar-refractivity contribution in [2.24, 2.45) is 0 Å². The molecule has 1 fully saturated rings. The van der Waals surface area contributed by atoms with Gasteiger partial charge in [-0.15, -0.1) is 0 Å². The van der Waals surface area contributed by atoms with Crippen molar-refractivity contribution < 1.29 is 9.18 Å². The summed E-state index contributed by atoms with van der Waals surface area (Å²) in [6.07, 6.45) is 2.04. The summed E-state index contributed by atoms with van der Waals surface area (Å²) in [7, 11) is 0. The van der Waals surface area contributed by atoms with Crippen LogP contribution in [0.15, 0.2) is 48.5 Å². The van der Waals surface area contributed by atoms with Crippen molar-refractivity contribution in [3.05, 3.63) is 70.5 Å². The van der Waals surface area contributed by atoms with Crippen molar-refractivity contribution in [3.8, 4) is 0 Å². The second-order valence-corrected chi connectivity index (χ2v) is 6.52. The molecule has 126 valence electrons. The number of carbonyl (C=O) groups is 1. The normalized spacial score (nSPS) is 17.8. The molecule has 0 saturated carbocycles. The minimum atomic E-state index is -0.234. The fourth-order valence-corrected chi connectivity index (χ4v) is 3.38. The van der Waals surface area contributed by atoms with Crippen LogP contribution in [0.5, 0.6) is 0 Å². The molecular weight excluding hydrogens is 327 g/mol. The van der Waals surface area contributed by atoms with E-state index in [1.54, 1.807) is 0 Å².